The van der Waals surface area contributed by atoms with Crippen LogP contribution in [-0.2, 0) is 7.05 Å². The number of carbonyl (C=O) groups excluding carboxylic acids is 1. The van der Waals surface area contributed by atoms with Crippen LogP contribution in [0.5, 0.6) is 5.19 Å². The third-order valence-electron chi connectivity index (χ3n) is 1.72. The largest absolute Gasteiger partial charge is 0.473 e. The van der Waals surface area contributed by atoms with Gasteiger partial charge in [0.1, 0.15) is 5.69 Å². The molecule has 2 heterocycles. The van der Waals surface area contributed by atoms with Crippen molar-refractivity contribution < 1.29 is 9.53 Å². The quantitative estimate of drug-likeness (QED) is 0.710. The van der Waals surface area contributed by atoms with E-state index in [1.54, 1.807) is 12.4 Å². The van der Waals surface area contributed by atoms with Gasteiger partial charge in [-0.3, -0.25) is 4.79 Å². The lowest BCUT2D eigenvalue weighted by atomic mass is 10.2. The molecule has 2 rings (SSSR count). The van der Waals surface area contributed by atoms with Crippen LogP contribution in [0, 0.1) is 0 Å². The Labute approximate surface area is 89.5 Å². The zero-order valence-electron chi connectivity index (χ0n) is 8.17. The van der Waals surface area contributed by atoms with Gasteiger partial charge in [-0.1, -0.05) is 11.3 Å². The van der Waals surface area contributed by atoms with E-state index >= 15 is 0 Å². The average molecular weight is 224 g/mol. The van der Waals surface area contributed by atoms with Crippen molar-refractivity contribution in [3.05, 3.63) is 23.0 Å². The third-order valence-corrected chi connectivity index (χ3v) is 2.52. The molecule has 0 aliphatic carbocycles. The maximum atomic E-state index is 11.8. The minimum Gasteiger partial charge on any atom is -0.473 e. The molecule has 2 aromatic rings. The Bertz CT molecular complexity index is 490. The van der Waals surface area contributed by atoms with Gasteiger partial charge < -0.3 is 4.74 Å². The molecule has 15 heavy (non-hydrogen) atoms. The van der Waals surface area contributed by atoms with Gasteiger partial charge in [0.2, 0.25) is 5.78 Å². The van der Waals surface area contributed by atoms with Crippen molar-refractivity contribution in [2.75, 3.05) is 7.11 Å². The topological polar surface area (TPSA) is 69.9 Å². The Hall–Kier alpha value is -1.76. The summed E-state index contributed by atoms with van der Waals surface area (Å²) in [5.74, 6) is -0.248. The van der Waals surface area contributed by atoms with Gasteiger partial charge in [0, 0.05) is 12.4 Å². The van der Waals surface area contributed by atoms with Gasteiger partial charge in [-0.15, -0.1) is 0 Å². The van der Waals surface area contributed by atoms with E-state index in [1.165, 1.54) is 29.4 Å². The number of carbonyl (C=O) groups is 1. The van der Waals surface area contributed by atoms with Gasteiger partial charge in [-0.25, -0.2) is 0 Å². The van der Waals surface area contributed by atoms with E-state index in [-0.39, 0.29) is 11.5 Å². The first-order chi connectivity index (χ1) is 7.20. The second-order valence-corrected chi connectivity index (χ2v) is 3.57. The molecule has 0 amide bonds. The molecule has 0 aliphatic heterocycles. The van der Waals surface area contributed by atoms with Crippen molar-refractivity contribution in [1.82, 2.24) is 20.0 Å². The SMILES string of the molecule is COc1nc(C(=O)c2cnn(C)n2)cs1. The first kappa shape index (κ1) is 9.78. The molecular weight excluding hydrogens is 216 g/mol. The van der Waals surface area contributed by atoms with E-state index in [0.717, 1.165) is 0 Å². The second kappa shape index (κ2) is 3.77. The van der Waals surface area contributed by atoms with E-state index in [2.05, 4.69) is 15.2 Å². The molecular formula is C8H8N4O2S. The second-order valence-electron chi connectivity index (χ2n) is 2.75. The zero-order chi connectivity index (χ0) is 10.8. The average Bonchev–Trinajstić information content (AvgIpc) is 2.84. The fraction of sp³-hybridized carbons (Fsp3) is 0.250. The van der Waals surface area contributed by atoms with Crippen LogP contribution < -0.4 is 4.74 Å². The summed E-state index contributed by atoms with van der Waals surface area (Å²) in [5, 5.41) is 9.82. The van der Waals surface area contributed by atoms with E-state index in [1.807, 2.05) is 0 Å². The van der Waals surface area contributed by atoms with Gasteiger partial charge in [-0.2, -0.15) is 20.0 Å². The summed E-state index contributed by atoms with van der Waals surface area (Å²) in [6.07, 6.45) is 1.41. The number of rotatable bonds is 3. The summed E-state index contributed by atoms with van der Waals surface area (Å²) in [7, 11) is 3.16. The maximum Gasteiger partial charge on any atom is 0.273 e. The Balaban J connectivity index is 2.28. The van der Waals surface area contributed by atoms with Crippen LogP contribution in [0.25, 0.3) is 0 Å². The van der Waals surface area contributed by atoms with Gasteiger partial charge in [0.05, 0.1) is 13.3 Å². The zero-order valence-corrected chi connectivity index (χ0v) is 8.98. The van der Waals surface area contributed by atoms with E-state index in [9.17, 15) is 4.79 Å². The lowest BCUT2D eigenvalue weighted by molar-refractivity contribution is 0.102. The van der Waals surface area contributed by atoms with Gasteiger partial charge >= 0.3 is 0 Å². The molecule has 0 unspecified atom stereocenters. The number of ketones is 1. The van der Waals surface area contributed by atoms with Crippen LogP contribution in [0.2, 0.25) is 0 Å². The van der Waals surface area contributed by atoms with E-state index in [4.69, 9.17) is 4.74 Å². The summed E-state index contributed by atoms with van der Waals surface area (Å²) in [6.45, 7) is 0. The number of ether oxygens (including phenoxy) is 1. The molecule has 0 bridgehead atoms. The predicted octanol–water partition coefficient (Wildman–Crippen LogP) is 0.511. The highest BCUT2D eigenvalue weighted by Gasteiger charge is 2.16. The highest BCUT2D eigenvalue weighted by atomic mass is 32.1. The molecule has 0 saturated heterocycles. The highest BCUT2D eigenvalue weighted by molar-refractivity contribution is 7.11. The molecule has 2 aromatic heterocycles. The molecule has 0 N–H and O–H groups in total. The normalized spacial score (nSPS) is 10.3. The summed E-state index contributed by atoms with van der Waals surface area (Å²) in [5.41, 5.74) is 0.614. The Kier molecular flexibility index (Phi) is 2.46. The van der Waals surface area contributed by atoms with Crippen molar-refractivity contribution in [2.24, 2.45) is 7.05 Å². The molecule has 0 fully saturated rings. The number of hydrogen-bond donors (Lipinski definition) is 0. The molecule has 0 spiro atoms. The Morgan fingerprint density at radius 3 is 2.87 bits per heavy atom. The number of methoxy groups -OCH3 is 1. The number of aryl methyl sites for hydroxylation is 1. The number of thiazole rings is 1. The fourth-order valence-electron chi connectivity index (χ4n) is 1.04. The van der Waals surface area contributed by atoms with Crippen molar-refractivity contribution in [1.29, 1.82) is 0 Å². The minimum absolute atomic E-state index is 0.248. The molecule has 0 aliphatic rings. The molecule has 0 saturated carbocycles. The van der Waals surface area contributed by atoms with E-state index < -0.39 is 0 Å². The number of nitrogens with zero attached hydrogens (tertiary/aromatic N) is 4. The van der Waals surface area contributed by atoms with Gasteiger partial charge in [-0.05, 0) is 0 Å². The summed E-state index contributed by atoms with van der Waals surface area (Å²) in [4.78, 5) is 17.1. The lowest BCUT2D eigenvalue weighted by Crippen LogP contribution is -2.03. The van der Waals surface area contributed by atoms with Crippen molar-refractivity contribution in [3.63, 3.8) is 0 Å². The highest BCUT2D eigenvalue weighted by Crippen LogP contribution is 2.18. The van der Waals surface area contributed by atoms with Crippen molar-refractivity contribution >= 4 is 17.1 Å². The summed E-state index contributed by atoms with van der Waals surface area (Å²) in [6, 6.07) is 0. The standard InChI is InChI=1S/C8H8N4O2S/c1-12-9-3-5(11-12)7(13)6-4-15-8(10-6)14-2/h3-4H,1-2H3. The molecule has 6 nitrogen and oxygen atoms in total. The van der Waals surface area contributed by atoms with Crippen LogP contribution in [0.15, 0.2) is 11.6 Å². The number of aromatic nitrogens is 4. The molecule has 0 atom stereocenters. The first-order valence-corrected chi connectivity index (χ1v) is 4.99. The molecule has 78 valence electrons. The van der Waals surface area contributed by atoms with Crippen LogP contribution in [0.1, 0.15) is 16.2 Å². The molecule has 0 radical (unpaired) electrons. The minimum atomic E-state index is -0.248. The fourth-order valence-corrected chi connectivity index (χ4v) is 1.66. The van der Waals surface area contributed by atoms with Crippen molar-refractivity contribution in [3.8, 4) is 5.19 Å². The summed E-state index contributed by atoms with van der Waals surface area (Å²) < 4.78 is 4.90. The monoisotopic (exact) mass is 224 g/mol. The summed E-state index contributed by atoms with van der Waals surface area (Å²) >= 11 is 1.27. The third kappa shape index (κ3) is 1.86. The Morgan fingerprint density at radius 1 is 1.53 bits per heavy atom. The van der Waals surface area contributed by atoms with Crippen LogP contribution in [0.3, 0.4) is 0 Å². The van der Waals surface area contributed by atoms with Crippen LogP contribution >= 0.6 is 11.3 Å². The van der Waals surface area contributed by atoms with Crippen molar-refractivity contribution in [2.45, 2.75) is 0 Å². The van der Waals surface area contributed by atoms with Crippen LogP contribution in [-0.4, -0.2) is 32.9 Å². The Morgan fingerprint density at radius 2 is 2.33 bits per heavy atom. The van der Waals surface area contributed by atoms with E-state index in [0.29, 0.717) is 10.9 Å². The predicted molar refractivity (Wildman–Crippen MR) is 53.1 cm³/mol. The number of hydrogen-bond acceptors (Lipinski definition) is 6. The molecule has 0 aromatic carbocycles. The molecule has 7 heteroatoms. The first-order valence-electron chi connectivity index (χ1n) is 4.11. The lowest BCUT2D eigenvalue weighted by Gasteiger charge is -1.90. The van der Waals surface area contributed by atoms with Gasteiger partial charge in [0.15, 0.2) is 5.69 Å². The smallest absolute Gasteiger partial charge is 0.273 e. The maximum absolute atomic E-state index is 11.8. The van der Waals surface area contributed by atoms with Crippen LogP contribution in [0.4, 0.5) is 0 Å². The van der Waals surface area contributed by atoms with Gasteiger partial charge in [0.25, 0.3) is 5.19 Å².